The summed E-state index contributed by atoms with van der Waals surface area (Å²) in [5.41, 5.74) is 4.63. The van der Waals surface area contributed by atoms with Crippen molar-refractivity contribution in [1.29, 1.82) is 0 Å². The standard InChI is InChI=1S/C22H25BrN2O4/c1-22(2,3)17-10-11-19(18(23)13-17)29-12-4-5-20(26)25-24-14-15-6-8-16(9-7-15)21(27)28/h6-11,13-14H,4-5,12H2,1-3H3,(H,25,26)(H,27,28)/b24-14+. The van der Waals surface area contributed by atoms with Crippen LogP contribution in [0.5, 0.6) is 5.75 Å². The van der Waals surface area contributed by atoms with Crippen LogP contribution in [0.25, 0.3) is 0 Å². The molecule has 0 aliphatic carbocycles. The van der Waals surface area contributed by atoms with Crippen LogP contribution in [0.3, 0.4) is 0 Å². The molecule has 0 saturated carbocycles. The van der Waals surface area contributed by atoms with E-state index in [0.29, 0.717) is 18.6 Å². The summed E-state index contributed by atoms with van der Waals surface area (Å²) in [4.78, 5) is 22.6. The average molecular weight is 461 g/mol. The van der Waals surface area contributed by atoms with E-state index in [1.54, 1.807) is 12.1 Å². The molecule has 0 bridgehead atoms. The van der Waals surface area contributed by atoms with Gasteiger partial charge in [-0.25, -0.2) is 10.2 Å². The molecule has 0 aliphatic heterocycles. The second kappa shape index (κ2) is 10.2. The normalized spacial score (nSPS) is 11.4. The monoisotopic (exact) mass is 460 g/mol. The van der Waals surface area contributed by atoms with Crippen LogP contribution in [0.2, 0.25) is 0 Å². The number of hydrazone groups is 1. The summed E-state index contributed by atoms with van der Waals surface area (Å²) in [6.45, 7) is 6.88. The molecule has 1 amide bonds. The van der Waals surface area contributed by atoms with Crippen LogP contribution in [0, 0.1) is 0 Å². The van der Waals surface area contributed by atoms with E-state index in [-0.39, 0.29) is 23.3 Å². The number of carboxylic acids is 1. The molecule has 154 valence electrons. The van der Waals surface area contributed by atoms with Gasteiger partial charge in [0.1, 0.15) is 5.75 Å². The van der Waals surface area contributed by atoms with Crippen molar-refractivity contribution < 1.29 is 19.4 Å². The minimum atomic E-state index is -0.985. The molecular formula is C22H25BrN2O4. The highest BCUT2D eigenvalue weighted by Gasteiger charge is 2.15. The number of ether oxygens (including phenoxy) is 1. The fourth-order valence-corrected chi connectivity index (χ4v) is 2.94. The van der Waals surface area contributed by atoms with Gasteiger partial charge in [-0.05, 0) is 63.2 Å². The van der Waals surface area contributed by atoms with E-state index in [0.717, 1.165) is 10.2 Å². The first-order valence-corrected chi connectivity index (χ1v) is 10.0. The van der Waals surface area contributed by atoms with Gasteiger partial charge in [-0.1, -0.05) is 39.0 Å². The molecule has 2 aromatic rings. The molecule has 0 aromatic heterocycles. The predicted molar refractivity (Wildman–Crippen MR) is 117 cm³/mol. The molecule has 2 aromatic carbocycles. The number of carbonyl (C=O) groups is 2. The highest BCUT2D eigenvalue weighted by Crippen LogP contribution is 2.31. The third kappa shape index (κ3) is 7.34. The fourth-order valence-electron chi connectivity index (χ4n) is 2.45. The van der Waals surface area contributed by atoms with E-state index in [1.807, 2.05) is 12.1 Å². The summed E-state index contributed by atoms with van der Waals surface area (Å²) < 4.78 is 6.64. The van der Waals surface area contributed by atoms with Crippen LogP contribution in [0.15, 0.2) is 52.0 Å². The third-order valence-corrected chi connectivity index (χ3v) is 4.78. The maximum atomic E-state index is 11.8. The number of nitrogens with one attached hydrogen (secondary N) is 1. The zero-order chi connectivity index (χ0) is 21.4. The first kappa shape index (κ1) is 22.6. The molecule has 29 heavy (non-hydrogen) atoms. The van der Waals surface area contributed by atoms with Gasteiger partial charge < -0.3 is 9.84 Å². The number of hydrogen-bond acceptors (Lipinski definition) is 4. The van der Waals surface area contributed by atoms with Gasteiger partial charge in [-0.15, -0.1) is 0 Å². The van der Waals surface area contributed by atoms with E-state index in [1.165, 1.54) is 23.9 Å². The van der Waals surface area contributed by atoms with Crippen molar-refractivity contribution in [2.45, 2.75) is 39.0 Å². The lowest BCUT2D eigenvalue weighted by Gasteiger charge is -2.20. The SMILES string of the molecule is CC(C)(C)c1ccc(OCCCC(=O)N/N=C/c2ccc(C(=O)O)cc2)c(Br)c1. The second-order valence-electron chi connectivity index (χ2n) is 7.57. The minimum absolute atomic E-state index is 0.0674. The molecule has 0 atom stereocenters. The van der Waals surface area contributed by atoms with Gasteiger partial charge in [0.05, 0.1) is 22.9 Å². The van der Waals surface area contributed by atoms with Crippen molar-refractivity contribution in [3.8, 4) is 5.75 Å². The van der Waals surface area contributed by atoms with E-state index >= 15 is 0 Å². The number of benzene rings is 2. The molecule has 6 nitrogen and oxygen atoms in total. The summed E-state index contributed by atoms with van der Waals surface area (Å²) in [7, 11) is 0. The van der Waals surface area contributed by atoms with Gasteiger partial charge >= 0.3 is 5.97 Å². The van der Waals surface area contributed by atoms with E-state index in [2.05, 4.69) is 53.3 Å². The summed E-state index contributed by atoms with van der Waals surface area (Å²) >= 11 is 3.53. The van der Waals surface area contributed by atoms with Crippen molar-refractivity contribution in [3.05, 3.63) is 63.6 Å². The Bertz CT molecular complexity index is 887. The zero-order valence-corrected chi connectivity index (χ0v) is 18.3. The van der Waals surface area contributed by atoms with Crippen molar-refractivity contribution in [2.24, 2.45) is 5.10 Å². The van der Waals surface area contributed by atoms with Crippen LogP contribution in [-0.4, -0.2) is 29.8 Å². The summed E-state index contributed by atoms with van der Waals surface area (Å²) in [5, 5.41) is 12.7. The van der Waals surface area contributed by atoms with E-state index in [4.69, 9.17) is 9.84 Å². The van der Waals surface area contributed by atoms with Gasteiger partial charge in [-0.3, -0.25) is 4.79 Å². The van der Waals surface area contributed by atoms with Crippen LogP contribution in [0.1, 0.15) is 55.1 Å². The number of carbonyl (C=O) groups excluding carboxylic acids is 1. The Morgan fingerprint density at radius 1 is 1.17 bits per heavy atom. The number of aromatic carboxylic acids is 1. The van der Waals surface area contributed by atoms with Crippen molar-refractivity contribution in [3.63, 3.8) is 0 Å². The maximum absolute atomic E-state index is 11.8. The largest absolute Gasteiger partial charge is 0.492 e. The van der Waals surface area contributed by atoms with Gasteiger partial charge in [0.15, 0.2) is 0 Å². The predicted octanol–water partition coefficient (Wildman–Crippen LogP) is 4.75. The van der Waals surface area contributed by atoms with Crippen molar-refractivity contribution >= 4 is 34.0 Å². The Hall–Kier alpha value is -2.67. The maximum Gasteiger partial charge on any atom is 0.335 e. The highest BCUT2D eigenvalue weighted by molar-refractivity contribution is 9.10. The molecule has 0 spiro atoms. The van der Waals surface area contributed by atoms with Gasteiger partial charge in [-0.2, -0.15) is 5.10 Å². The van der Waals surface area contributed by atoms with E-state index in [9.17, 15) is 9.59 Å². The van der Waals surface area contributed by atoms with Crippen molar-refractivity contribution in [2.75, 3.05) is 6.61 Å². The Morgan fingerprint density at radius 2 is 1.86 bits per heavy atom. The Balaban J connectivity index is 1.72. The number of carboxylic acid groups (broad SMARTS) is 1. The lowest BCUT2D eigenvalue weighted by atomic mass is 9.87. The second-order valence-corrected chi connectivity index (χ2v) is 8.42. The quantitative estimate of drug-likeness (QED) is 0.337. The van der Waals surface area contributed by atoms with Crippen molar-refractivity contribution in [1.82, 2.24) is 5.43 Å². The van der Waals surface area contributed by atoms with E-state index < -0.39 is 5.97 Å². The van der Waals surface area contributed by atoms with Crippen LogP contribution in [-0.2, 0) is 10.2 Å². The molecule has 0 aliphatic rings. The minimum Gasteiger partial charge on any atom is -0.492 e. The molecule has 0 unspecified atom stereocenters. The number of halogens is 1. The van der Waals surface area contributed by atoms with Crippen LogP contribution < -0.4 is 10.2 Å². The van der Waals surface area contributed by atoms with Crippen LogP contribution >= 0.6 is 15.9 Å². The molecule has 0 saturated heterocycles. The van der Waals surface area contributed by atoms with Crippen LogP contribution in [0.4, 0.5) is 0 Å². The topological polar surface area (TPSA) is 88.0 Å². The lowest BCUT2D eigenvalue weighted by Crippen LogP contribution is -2.18. The lowest BCUT2D eigenvalue weighted by molar-refractivity contribution is -0.121. The summed E-state index contributed by atoms with van der Waals surface area (Å²) in [6, 6.07) is 12.2. The third-order valence-electron chi connectivity index (χ3n) is 4.16. The summed E-state index contributed by atoms with van der Waals surface area (Å²) in [5.74, 6) is -0.448. The fraction of sp³-hybridized carbons (Fsp3) is 0.318. The first-order valence-electron chi connectivity index (χ1n) is 9.25. The van der Waals surface area contributed by atoms with Gasteiger partial charge in [0.25, 0.3) is 0 Å². The molecule has 0 fully saturated rings. The molecule has 2 N–H and O–H groups in total. The Labute approximate surface area is 179 Å². The zero-order valence-electron chi connectivity index (χ0n) is 16.7. The summed E-state index contributed by atoms with van der Waals surface area (Å²) in [6.07, 6.45) is 2.31. The number of hydrogen-bond donors (Lipinski definition) is 2. The van der Waals surface area contributed by atoms with Gasteiger partial charge in [0.2, 0.25) is 5.91 Å². The smallest absolute Gasteiger partial charge is 0.335 e. The molecule has 7 heteroatoms. The Morgan fingerprint density at radius 3 is 2.45 bits per heavy atom. The number of rotatable bonds is 8. The molecule has 2 rings (SSSR count). The highest BCUT2D eigenvalue weighted by atomic mass is 79.9. The molecule has 0 radical (unpaired) electrons. The number of nitrogens with zero attached hydrogens (tertiary/aromatic N) is 1. The Kier molecular flexibility index (Phi) is 7.96. The van der Waals surface area contributed by atoms with Gasteiger partial charge in [0, 0.05) is 6.42 Å². The first-order chi connectivity index (χ1) is 13.7. The average Bonchev–Trinajstić information content (AvgIpc) is 2.66. The molecular weight excluding hydrogens is 436 g/mol. The molecule has 0 heterocycles. The number of amides is 1.